The van der Waals surface area contributed by atoms with Crippen molar-refractivity contribution in [3.8, 4) is 0 Å². The van der Waals surface area contributed by atoms with Gasteiger partial charge >= 0.3 is 29.0 Å². The molecule has 0 heterocycles. The normalized spacial score (nSPS) is 10.0. The van der Waals surface area contributed by atoms with Gasteiger partial charge in [-0.1, -0.05) is 104 Å². The summed E-state index contributed by atoms with van der Waals surface area (Å²) in [5, 5.41) is 9.52. The maximum absolute atomic E-state index is 12.7. The van der Waals surface area contributed by atoms with E-state index in [1.807, 2.05) is 106 Å². The van der Waals surface area contributed by atoms with Gasteiger partial charge in [-0.25, -0.2) is 9.86 Å². The molecule has 1 amide bonds. The number of carbonyl (C=O) groups excluding carboxylic acids is 3. The molecule has 10 nitrogen and oxygen atoms in total. The van der Waals surface area contributed by atoms with E-state index in [2.05, 4.69) is 212 Å². The van der Waals surface area contributed by atoms with Gasteiger partial charge < -0.3 is 36.3 Å². The number of benzene rings is 8. The second-order valence-corrected chi connectivity index (χ2v) is 28.9. The van der Waals surface area contributed by atoms with Crippen LogP contribution in [-0.4, -0.2) is 110 Å². The van der Waals surface area contributed by atoms with Crippen molar-refractivity contribution in [1.82, 2.24) is 5.06 Å². The van der Waals surface area contributed by atoms with Gasteiger partial charge in [-0.15, -0.1) is 19.7 Å². The van der Waals surface area contributed by atoms with Crippen molar-refractivity contribution in [2.75, 3.05) is 53.8 Å². The fourth-order valence-corrected chi connectivity index (χ4v) is 11.8. The Hall–Kier alpha value is -3.71. The second kappa shape index (κ2) is 54.9. The Morgan fingerprint density at radius 3 is 1.21 bits per heavy atom. The minimum atomic E-state index is -0.860. The molecule has 0 atom stereocenters. The molecule has 0 aliphatic heterocycles. The zero-order valence-corrected chi connectivity index (χ0v) is 72.3. The summed E-state index contributed by atoms with van der Waals surface area (Å²) in [6, 6.07) is 57.6. The van der Waals surface area contributed by atoms with Gasteiger partial charge in [0.15, 0.2) is 5.78 Å². The molecule has 0 aliphatic rings. The molecule has 1 N–H and O–H groups in total. The molecule has 0 bridgehead atoms. The van der Waals surface area contributed by atoms with Crippen molar-refractivity contribution in [2.24, 2.45) is 0 Å². The Morgan fingerprint density at radius 2 is 0.818 bits per heavy atom. The number of hydrogen-bond donors (Lipinski definition) is 1. The van der Waals surface area contributed by atoms with Crippen molar-refractivity contribution in [2.45, 2.75) is 98.8 Å². The minimum Gasteiger partial charge on any atom is -1.00 e. The Balaban J connectivity index is 0.000000608. The molecule has 0 spiro atoms. The maximum Gasteiger partial charge on any atom is 2.00 e. The number of unbranched alkanes of at least 4 members (excludes halogenated alkanes) is 3. The van der Waals surface area contributed by atoms with Crippen LogP contribution in [0.5, 0.6) is 0 Å². The third-order valence-electron chi connectivity index (χ3n) is 14.7. The third kappa shape index (κ3) is 39.1. The average Bonchev–Trinajstić information content (AvgIpc) is 0.878. The number of amides is 1. The third-order valence-corrected chi connectivity index (χ3v) is 18.3. The largest absolute Gasteiger partial charge is 2.00 e. The SMILES string of the molecule is C=CCOCCCCc1cc[c-]cc1.C=CCOCCCCc1ccc(C(=O)c2cc(I)ccc2C)cc1.C=CCOCCCCc1ccc(Cc2cc(I)ccc2C)cc1.CON(C)C(=O)c1cc(I)ccc1C.Cc1ccc(I)cc1C(=O)Cl.Cc1ccc(I)cc1C(=O)O.[Br-].[Mg+2]. The van der Waals surface area contributed by atoms with Crippen LogP contribution in [0.15, 0.2) is 202 Å². The number of aryl methyl sites for hydroxylation is 8. The van der Waals surface area contributed by atoms with Crippen molar-refractivity contribution in [3.05, 3.63) is 309 Å². The van der Waals surface area contributed by atoms with Crippen LogP contribution in [-0.2, 0) is 44.7 Å². The molecule has 0 aromatic heterocycles. The van der Waals surface area contributed by atoms with Crippen LogP contribution in [0, 0.1) is 58.5 Å². The van der Waals surface area contributed by atoms with Crippen LogP contribution in [0.25, 0.3) is 0 Å². The molecular weight excluding hydrogens is 1910 g/mol. The summed E-state index contributed by atoms with van der Waals surface area (Å²) >= 11 is 16.4. The van der Waals surface area contributed by atoms with Crippen LogP contribution in [0.4, 0.5) is 0 Å². The molecule has 8 aromatic rings. The molecule has 0 unspecified atom stereocenters. The van der Waals surface area contributed by atoms with Crippen molar-refractivity contribution in [1.29, 1.82) is 0 Å². The van der Waals surface area contributed by atoms with E-state index >= 15 is 0 Å². The van der Waals surface area contributed by atoms with Gasteiger partial charge in [0, 0.05) is 67.0 Å². The van der Waals surface area contributed by atoms with Crippen molar-refractivity contribution in [3.63, 3.8) is 0 Å². The van der Waals surface area contributed by atoms with E-state index in [-0.39, 0.29) is 57.0 Å². The number of carbonyl (C=O) groups is 4. The van der Waals surface area contributed by atoms with Gasteiger partial charge in [-0.2, -0.15) is 35.9 Å². The zero-order valence-electron chi connectivity index (χ0n) is 57.8. The van der Waals surface area contributed by atoms with Gasteiger partial charge in [0.05, 0.1) is 32.5 Å². The monoisotopic (exact) mass is 1990 g/mol. The van der Waals surface area contributed by atoms with Crippen molar-refractivity contribution >= 4 is 171 Å². The number of hydrogen-bond acceptors (Lipinski definition) is 8. The summed E-state index contributed by atoms with van der Waals surface area (Å²) in [6.45, 7) is 25.0. The molecule has 99 heavy (non-hydrogen) atoms. The summed E-state index contributed by atoms with van der Waals surface area (Å²) in [5.41, 5.74) is 15.1. The van der Waals surface area contributed by atoms with E-state index in [9.17, 15) is 19.2 Å². The number of aromatic carboxylic acids is 1. The Morgan fingerprint density at radius 1 is 0.475 bits per heavy atom. The predicted molar refractivity (Wildman–Crippen MR) is 448 cm³/mol. The standard InChI is InChI=1S/C21H23IO2.C21H25IO.C13H17O.C10H12INO2.C8H6ClIO.C8H7IO2.BrH.Mg/c1-3-13-24-14-5-4-6-17-8-10-18(11-9-17)21(23)20-15-19(22)12-7-16(20)2;1-3-13-23-14-5-4-6-18-8-10-19(11-9-18)15-20-16-21(22)12-7-17(20)2;1-2-11-14-12-7-6-10-13-8-4-3-5-9-13;1-7-4-5-8(11)6-9(7)10(13)12(2)14-3;1-5-2-3-6(10)4-7(5)8(9)11;1-5-2-3-6(9)4-7(5)8(10)11;;/h3,7-12,15H,1,4-6,13-14H2,2H3;3,7-12,16H,1,4-6,13-15H2,2H3;2,4-5,8-9H,1,6-7,10-12H2;4-6H,1-3H3;2-4H,1H3;2-4H,1H3,(H,10,11);1H;/q;;-1;;;;;+2/p-1. The summed E-state index contributed by atoms with van der Waals surface area (Å²) in [6.07, 6.45) is 16.3. The van der Waals surface area contributed by atoms with E-state index in [0.29, 0.717) is 36.5 Å². The first-order valence-corrected chi connectivity index (χ1v) is 37.6. The van der Waals surface area contributed by atoms with Crippen LogP contribution < -0.4 is 17.0 Å². The average molecular weight is 2000 g/mol. The van der Waals surface area contributed by atoms with Crippen LogP contribution in [0.3, 0.4) is 0 Å². The number of carboxylic acid groups (broad SMARTS) is 1. The van der Waals surface area contributed by atoms with E-state index in [4.69, 9.17) is 35.8 Å². The number of halogens is 7. The Kier molecular flexibility index (Phi) is 51.7. The van der Waals surface area contributed by atoms with Gasteiger partial charge in [0.2, 0.25) is 0 Å². The zero-order chi connectivity index (χ0) is 71.5. The summed E-state index contributed by atoms with van der Waals surface area (Å²) in [5.74, 6) is -0.889. The van der Waals surface area contributed by atoms with Crippen LogP contribution >= 0.6 is 125 Å². The van der Waals surface area contributed by atoms with E-state index < -0.39 is 5.97 Å². The van der Waals surface area contributed by atoms with E-state index in [1.165, 1.54) is 62.0 Å². The smallest absolute Gasteiger partial charge is 1.00 e. The summed E-state index contributed by atoms with van der Waals surface area (Å²) in [7, 11) is 3.07. The predicted octanol–water partition coefficient (Wildman–Crippen LogP) is 18.2. The molecule has 0 aliphatic carbocycles. The van der Waals surface area contributed by atoms with Gasteiger partial charge in [0.25, 0.3) is 11.1 Å². The first-order chi connectivity index (χ1) is 46.5. The Bertz CT molecular complexity index is 3670. The number of nitrogens with zero attached hydrogens (tertiary/aromatic N) is 1. The van der Waals surface area contributed by atoms with Crippen LogP contribution in [0.2, 0.25) is 0 Å². The molecule has 0 saturated heterocycles. The summed E-state index contributed by atoms with van der Waals surface area (Å²) in [4.78, 5) is 50.6. The quantitative estimate of drug-likeness (QED) is 0.00712. The fraction of sp³-hybridized carbons (Fsp3) is 0.284. The topological polar surface area (TPSA) is 129 Å². The number of carboxylic acids is 1. The number of rotatable bonds is 29. The molecule has 0 radical (unpaired) electrons. The molecule has 0 saturated carbocycles. The van der Waals surface area contributed by atoms with Gasteiger partial charge in [0.1, 0.15) is 0 Å². The molecule has 524 valence electrons. The first-order valence-electron chi connectivity index (χ1n) is 31.8. The molecular formula is C81H90BrClI5MgNO9. The second-order valence-electron chi connectivity index (χ2n) is 22.4. The first kappa shape index (κ1) is 93.3. The molecule has 8 aromatic carbocycles. The summed E-state index contributed by atoms with van der Waals surface area (Å²) < 4.78 is 21.5. The Labute approximate surface area is 689 Å². The molecule has 0 fully saturated rings. The maximum atomic E-state index is 12.7. The van der Waals surface area contributed by atoms with Gasteiger partial charge in [-0.3, -0.25) is 19.2 Å². The number of ether oxygens (including phenoxy) is 3. The number of hydroxylamine groups is 2. The van der Waals surface area contributed by atoms with Gasteiger partial charge in [-0.05, 0) is 328 Å². The van der Waals surface area contributed by atoms with E-state index in [0.717, 1.165) is 119 Å². The van der Waals surface area contributed by atoms with Crippen molar-refractivity contribution < 1.29 is 60.3 Å². The molecule has 8 rings (SSSR count). The fourth-order valence-electron chi connectivity index (χ4n) is 9.09. The van der Waals surface area contributed by atoms with E-state index in [1.54, 1.807) is 44.3 Å². The molecule has 18 heteroatoms. The van der Waals surface area contributed by atoms with Crippen LogP contribution in [0.1, 0.15) is 141 Å². The minimum absolute atomic E-state index is 0. The number of ketones is 1.